The average Bonchev–Trinajstić information content (AvgIpc) is 2.33. The number of piperidine rings is 1. The Morgan fingerprint density at radius 3 is 2.38 bits per heavy atom. The molecule has 3 nitrogen and oxygen atoms in total. The minimum absolute atomic E-state index is 0.218. The van der Waals surface area contributed by atoms with Crippen LogP contribution in [-0.2, 0) is 4.74 Å². The number of likely N-dealkylation sites (tertiary alicyclic amines) is 1. The van der Waals surface area contributed by atoms with Crippen LogP contribution in [0, 0.1) is 11.3 Å². The van der Waals surface area contributed by atoms with Gasteiger partial charge in [0, 0.05) is 32.7 Å². The van der Waals surface area contributed by atoms with Crippen LogP contribution in [0.1, 0.15) is 27.2 Å². The number of nitrogens with zero attached hydrogens (tertiary/aromatic N) is 2. The van der Waals surface area contributed by atoms with E-state index >= 15 is 0 Å². The largest absolute Gasteiger partial charge is 0.392 e. The van der Waals surface area contributed by atoms with E-state index in [4.69, 9.17) is 4.74 Å². The SMILES string of the molecule is CC1CN(CCN2CCC(C(F)(F)F)C(C)(C)C2)CCO1. The fourth-order valence-electron chi connectivity index (χ4n) is 3.64. The van der Waals surface area contributed by atoms with Gasteiger partial charge in [-0.15, -0.1) is 0 Å². The van der Waals surface area contributed by atoms with Crippen LogP contribution in [0.15, 0.2) is 0 Å². The maximum atomic E-state index is 13.0. The van der Waals surface area contributed by atoms with Crippen molar-refractivity contribution in [2.24, 2.45) is 11.3 Å². The number of halogens is 3. The van der Waals surface area contributed by atoms with Gasteiger partial charge in [-0.05, 0) is 25.3 Å². The molecule has 0 bridgehead atoms. The molecule has 0 aromatic rings. The quantitative estimate of drug-likeness (QED) is 0.797. The summed E-state index contributed by atoms with van der Waals surface area (Å²) in [7, 11) is 0. The van der Waals surface area contributed by atoms with Crippen LogP contribution in [0.3, 0.4) is 0 Å². The van der Waals surface area contributed by atoms with Gasteiger partial charge in [-0.2, -0.15) is 13.2 Å². The lowest BCUT2D eigenvalue weighted by Gasteiger charge is -2.45. The maximum Gasteiger partial charge on any atom is 0.392 e. The molecule has 0 aliphatic carbocycles. The minimum Gasteiger partial charge on any atom is -0.376 e. The summed E-state index contributed by atoms with van der Waals surface area (Å²) in [6.07, 6.45) is -3.60. The molecule has 2 heterocycles. The highest BCUT2D eigenvalue weighted by atomic mass is 19.4. The zero-order chi connectivity index (χ0) is 15.7. The Morgan fingerprint density at radius 1 is 1.14 bits per heavy atom. The van der Waals surface area contributed by atoms with Crippen LogP contribution < -0.4 is 0 Å². The lowest BCUT2D eigenvalue weighted by Crippen LogP contribution is -2.52. The van der Waals surface area contributed by atoms with Gasteiger partial charge in [0.15, 0.2) is 0 Å². The molecule has 2 rings (SSSR count). The molecule has 0 saturated carbocycles. The monoisotopic (exact) mass is 308 g/mol. The second-order valence-electron chi connectivity index (χ2n) is 7.13. The first-order chi connectivity index (χ1) is 9.68. The van der Waals surface area contributed by atoms with Crippen LogP contribution in [0.25, 0.3) is 0 Å². The Morgan fingerprint density at radius 2 is 1.81 bits per heavy atom. The van der Waals surface area contributed by atoms with Gasteiger partial charge < -0.3 is 9.64 Å². The Hall–Kier alpha value is -0.330. The summed E-state index contributed by atoms with van der Waals surface area (Å²) >= 11 is 0. The highest BCUT2D eigenvalue weighted by Crippen LogP contribution is 2.44. The summed E-state index contributed by atoms with van der Waals surface area (Å²) in [6, 6.07) is 0. The van der Waals surface area contributed by atoms with Crippen molar-refractivity contribution in [2.75, 3.05) is 45.9 Å². The second kappa shape index (κ2) is 6.42. The lowest BCUT2D eigenvalue weighted by molar-refractivity contribution is -0.217. The van der Waals surface area contributed by atoms with E-state index in [2.05, 4.69) is 16.7 Å². The molecule has 0 N–H and O–H groups in total. The van der Waals surface area contributed by atoms with Crippen molar-refractivity contribution in [3.8, 4) is 0 Å². The van der Waals surface area contributed by atoms with Crippen molar-refractivity contribution in [2.45, 2.75) is 39.5 Å². The fourth-order valence-corrected chi connectivity index (χ4v) is 3.64. The molecule has 0 aromatic heterocycles. The van der Waals surface area contributed by atoms with Gasteiger partial charge >= 0.3 is 6.18 Å². The molecule has 21 heavy (non-hydrogen) atoms. The number of rotatable bonds is 3. The van der Waals surface area contributed by atoms with Gasteiger partial charge in [-0.25, -0.2) is 0 Å². The molecule has 6 heteroatoms. The normalized spacial score (nSPS) is 32.3. The summed E-state index contributed by atoms with van der Waals surface area (Å²) < 4.78 is 44.6. The highest BCUT2D eigenvalue weighted by molar-refractivity contribution is 4.91. The zero-order valence-corrected chi connectivity index (χ0v) is 13.2. The van der Waals surface area contributed by atoms with Crippen LogP contribution in [0.5, 0.6) is 0 Å². The number of morpholine rings is 1. The van der Waals surface area contributed by atoms with Gasteiger partial charge in [0.1, 0.15) is 0 Å². The Kier molecular flexibility index (Phi) is 5.21. The van der Waals surface area contributed by atoms with Crippen LogP contribution in [0.4, 0.5) is 13.2 Å². The van der Waals surface area contributed by atoms with Crippen molar-refractivity contribution in [3.05, 3.63) is 0 Å². The third kappa shape index (κ3) is 4.57. The zero-order valence-electron chi connectivity index (χ0n) is 13.2. The molecule has 0 radical (unpaired) electrons. The number of hydrogen-bond donors (Lipinski definition) is 0. The van der Waals surface area contributed by atoms with Crippen LogP contribution in [0.2, 0.25) is 0 Å². The first-order valence-electron chi connectivity index (χ1n) is 7.81. The van der Waals surface area contributed by atoms with Gasteiger partial charge in [0.05, 0.1) is 18.6 Å². The molecule has 2 atom stereocenters. The van der Waals surface area contributed by atoms with E-state index in [1.165, 1.54) is 0 Å². The first kappa shape index (κ1) is 17.0. The smallest absolute Gasteiger partial charge is 0.376 e. The molecule has 0 amide bonds. The molecule has 124 valence electrons. The maximum absolute atomic E-state index is 13.0. The van der Waals surface area contributed by atoms with Crippen LogP contribution in [-0.4, -0.2) is 68.0 Å². The highest BCUT2D eigenvalue weighted by Gasteiger charge is 2.50. The van der Waals surface area contributed by atoms with E-state index in [1.807, 2.05) is 0 Å². The standard InChI is InChI=1S/C15H27F3N2O/c1-12-10-19(8-9-21-12)6-7-20-5-4-13(15(16,17)18)14(2,3)11-20/h12-13H,4-11H2,1-3H3. The van der Waals surface area contributed by atoms with Gasteiger partial charge in [-0.1, -0.05) is 13.8 Å². The minimum atomic E-state index is -4.07. The molecule has 2 saturated heterocycles. The summed E-state index contributed by atoms with van der Waals surface area (Å²) in [5.74, 6) is -1.18. The van der Waals surface area contributed by atoms with Gasteiger partial charge in [0.25, 0.3) is 0 Å². The Labute approximate surface area is 125 Å². The van der Waals surface area contributed by atoms with Gasteiger partial charge in [-0.3, -0.25) is 4.90 Å². The molecule has 0 aromatic carbocycles. The van der Waals surface area contributed by atoms with Crippen LogP contribution >= 0.6 is 0 Å². The van der Waals surface area contributed by atoms with Crippen molar-refractivity contribution in [3.63, 3.8) is 0 Å². The fraction of sp³-hybridized carbons (Fsp3) is 1.00. The van der Waals surface area contributed by atoms with E-state index in [-0.39, 0.29) is 12.5 Å². The third-order valence-corrected chi connectivity index (χ3v) is 4.76. The topological polar surface area (TPSA) is 15.7 Å². The Balaban J connectivity index is 1.81. The van der Waals surface area contributed by atoms with Gasteiger partial charge in [0.2, 0.25) is 0 Å². The predicted octanol–water partition coefficient (Wildman–Crippen LogP) is 2.62. The van der Waals surface area contributed by atoms with Crippen molar-refractivity contribution in [1.82, 2.24) is 9.80 Å². The van der Waals surface area contributed by atoms with Crippen molar-refractivity contribution < 1.29 is 17.9 Å². The Bertz CT molecular complexity index is 346. The summed E-state index contributed by atoms with van der Waals surface area (Å²) in [5.41, 5.74) is -0.700. The molecule has 0 spiro atoms. The van der Waals surface area contributed by atoms with Crippen molar-refractivity contribution in [1.29, 1.82) is 0 Å². The first-order valence-corrected chi connectivity index (χ1v) is 7.81. The number of ether oxygens (including phenoxy) is 1. The summed E-state index contributed by atoms with van der Waals surface area (Å²) in [4.78, 5) is 4.53. The molecule has 2 unspecified atom stereocenters. The number of hydrogen-bond acceptors (Lipinski definition) is 3. The van der Waals surface area contributed by atoms with E-state index in [1.54, 1.807) is 13.8 Å². The average molecular weight is 308 g/mol. The molecule has 2 fully saturated rings. The predicted molar refractivity (Wildman–Crippen MR) is 76.2 cm³/mol. The van der Waals surface area contributed by atoms with E-state index in [9.17, 15) is 13.2 Å². The van der Waals surface area contributed by atoms with Crippen molar-refractivity contribution >= 4 is 0 Å². The van der Waals surface area contributed by atoms with E-state index in [0.717, 1.165) is 32.8 Å². The molecular formula is C15H27F3N2O. The molecule has 2 aliphatic rings. The van der Waals surface area contributed by atoms with E-state index < -0.39 is 17.5 Å². The summed E-state index contributed by atoms with van der Waals surface area (Å²) in [6.45, 7) is 11.0. The number of alkyl halides is 3. The molecule has 2 aliphatic heterocycles. The second-order valence-corrected chi connectivity index (χ2v) is 7.13. The van der Waals surface area contributed by atoms with E-state index in [0.29, 0.717) is 13.1 Å². The lowest BCUT2D eigenvalue weighted by atomic mass is 9.73. The molecular weight excluding hydrogens is 281 g/mol. The summed E-state index contributed by atoms with van der Waals surface area (Å²) in [5, 5.41) is 0. The third-order valence-electron chi connectivity index (χ3n) is 4.76.